The monoisotopic (exact) mass is 355 g/mol. The Morgan fingerprint density at radius 1 is 1.23 bits per heavy atom. The number of hydrogen-bond donors (Lipinski definition) is 0. The number of amides is 1. The maximum atomic E-state index is 12.5. The summed E-state index contributed by atoms with van der Waals surface area (Å²) in [5.41, 5.74) is 4.65. The van der Waals surface area contributed by atoms with E-state index in [2.05, 4.69) is 28.6 Å². The Morgan fingerprint density at radius 2 is 1.92 bits per heavy atom. The molecule has 5 nitrogen and oxygen atoms in total. The first-order valence-electron chi connectivity index (χ1n) is 9.82. The van der Waals surface area contributed by atoms with E-state index in [0.717, 1.165) is 31.6 Å². The van der Waals surface area contributed by atoms with Gasteiger partial charge in [0, 0.05) is 31.5 Å². The lowest BCUT2D eigenvalue weighted by atomic mass is 9.96. The topological polar surface area (TPSA) is 47.4 Å². The first-order valence-corrected chi connectivity index (χ1v) is 9.82. The average molecular weight is 355 g/mol. The normalized spacial score (nSPS) is 21.9. The number of likely N-dealkylation sites (tertiary alicyclic amines) is 1. The van der Waals surface area contributed by atoms with E-state index in [1.54, 1.807) is 0 Å². The molecule has 2 aromatic rings. The van der Waals surface area contributed by atoms with E-state index in [1.165, 1.54) is 29.5 Å². The number of aryl methyl sites for hydroxylation is 1. The summed E-state index contributed by atoms with van der Waals surface area (Å²) in [4.78, 5) is 19.0. The molecule has 1 saturated heterocycles. The largest absolute Gasteiger partial charge is 0.444 e. The van der Waals surface area contributed by atoms with Gasteiger partial charge < -0.3 is 14.2 Å². The van der Waals surface area contributed by atoms with Gasteiger partial charge in [-0.15, -0.1) is 0 Å². The number of imidazole rings is 1. The summed E-state index contributed by atoms with van der Waals surface area (Å²) in [7, 11) is 0. The Morgan fingerprint density at radius 3 is 2.58 bits per heavy atom. The summed E-state index contributed by atoms with van der Waals surface area (Å²) in [6.07, 6.45) is 5.27. The van der Waals surface area contributed by atoms with Gasteiger partial charge in [0.1, 0.15) is 5.60 Å². The molecule has 26 heavy (non-hydrogen) atoms. The molecule has 0 spiro atoms. The Labute approximate surface area is 155 Å². The van der Waals surface area contributed by atoms with Crippen LogP contribution in [0.15, 0.2) is 18.5 Å². The lowest BCUT2D eigenvalue weighted by molar-refractivity contribution is 0.0193. The summed E-state index contributed by atoms with van der Waals surface area (Å²) in [6.45, 7) is 10.5. The summed E-state index contributed by atoms with van der Waals surface area (Å²) >= 11 is 0. The van der Waals surface area contributed by atoms with Crippen LogP contribution in [0.5, 0.6) is 0 Å². The highest BCUT2D eigenvalue weighted by Gasteiger charge is 2.40. The number of nitrogens with zero attached hydrogens (tertiary/aromatic N) is 3. The van der Waals surface area contributed by atoms with Crippen molar-refractivity contribution in [2.24, 2.45) is 0 Å². The van der Waals surface area contributed by atoms with Crippen LogP contribution in [-0.4, -0.2) is 39.2 Å². The van der Waals surface area contributed by atoms with Crippen molar-refractivity contribution in [2.75, 3.05) is 13.1 Å². The number of aromatic nitrogens is 2. The fraction of sp³-hybridized carbons (Fsp3) is 0.619. The molecule has 1 aliphatic heterocycles. The molecule has 1 amide bonds. The zero-order valence-corrected chi connectivity index (χ0v) is 16.3. The first-order chi connectivity index (χ1) is 12.4. The molecular weight excluding hydrogens is 326 g/mol. The van der Waals surface area contributed by atoms with Crippen LogP contribution >= 0.6 is 0 Å². The predicted octanol–water partition coefficient (Wildman–Crippen LogP) is 4.66. The van der Waals surface area contributed by atoms with Gasteiger partial charge in [0.2, 0.25) is 0 Å². The Balaban J connectivity index is 1.60. The van der Waals surface area contributed by atoms with Gasteiger partial charge in [-0.3, -0.25) is 0 Å². The van der Waals surface area contributed by atoms with Gasteiger partial charge in [-0.2, -0.15) is 0 Å². The second-order valence-electron chi connectivity index (χ2n) is 8.78. The Bertz CT molecular complexity index is 834. The number of ether oxygens (including phenoxy) is 1. The minimum atomic E-state index is -0.448. The van der Waals surface area contributed by atoms with Crippen LogP contribution in [0.1, 0.15) is 69.9 Å². The molecule has 0 saturated carbocycles. The molecular formula is C21H29N3O2. The highest BCUT2D eigenvalue weighted by molar-refractivity contribution is 5.79. The maximum absolute atomic E-state index is 12.5. The maximum Gasteiger partial charge on any atom is 0.410 e. The number of hydrogen-bond acceptors (Lipinski definition) is 3. The molecule has 1 aromatic heterocycles. The molecule has 5 heteroatoms. The van der Waals surface area contributed by atoms with Crippen molar-refractivity contribution in [1.29, 1.82) is 0 Å². The molecule has 4 rings (SSSR count). The van der Waals surface area contributed by atoms with Crippen molar-refractivity contribution in [3.8, 4) is 0 Å². The van der Waals surface area contributed by atoms with Gasteiger partial charge in [0.05, 0.1) is 17.4 Å². The highest BCUT2D eigenvalue weighted by atomic mass is 16.6. The first kappa shape index (κ1) is 17.4. The molecule has 0 radical (unpaired) electrons. The van der Waals surface area contributed by atoms with Crippen LogP contribution in [0.2, 0.25) is 0 Å². The van der Waals surface area contributed by atoms with Crippen molar-refractivity contribution >= 4 is 17.1 Å². The van der Waals surface area contributed by atoms with Crippen LogP contribution < -0.4 is 0 Å². The van der Waals surface area contributed by atoms with Crippen molar-refractivity contribution in [3.05, 3.63) is 29.6 Å². The zero-order chi connectivity index (χ0) is 18.5. The number of carbonyl (C=O) groups is 1. The number of fused-ring (bicyclic) bond motifs is 6. The fourth-order valence-electron chi connectivity index (χ4n) is 4.38. The van der Waals surface area contributed by atoms with E-state index in [1.807, 2.05) is 32.0 Å². The Hall–Kier alpha value is -2.04. The molecule has 2 atom stereocenters. The van der Waals surface area contributed by atoms with Crippen molar-refractivity contribution in [1.82, 2.24) is 14.5 Å². The van der Waals surface area contributed by atoms with Gasteiger partial charge >= 0.3 is 6.09 Å². The lowest BCUT2D eigenvalue weighted by Crippen LogP contribution is -2.42. The fourth-order valence-corrected chi connectivity index (χ4v) is 4.38. The van der Waals surface area contributed by atoms with Crippen molar-refractivity contribution < 1.29 is 9.53 Å². The average Bonchev–Trinajstić information content (AvgIpc) is 3.08. The molecule has 140 valence electrons. The molecule has 2 aliphatic rings. The van der Waals surface area contributed by atoms with E-state index in [4.69, 9.17) is 4.74 Å². The standard InChI is InChI=1S/C21H29N3O2/c1-5-6-7-23-13-22-18-9-16-14-8-15(17(16)10-19(18)23)12-24(11-14)20(25)26-21(2,3)4/h9-10,13-15H,5-8,11-12H2,1-4H3. The Kier molecular flexibility index (Phi) is 4.20. The summed E-state index contributed by atoms with van der Waals surface area (Å²) < 4.78 is 7.87. The van der Waals surface area contributed by atoms with Gasteiger partial charge in [-0.25, -0.2) is 9.78 Å². The third-order valence-corrected chi connectivity index (χ3v) is 5.56. The molecule has 0 N–H and O–H groups in total. The van der Waals surface area contributed by atoms with Crippen LogP contribution in [0.25, 0.3) is 11.0 Å². The summed E-state index contributed by atoms with van der Waals surface area (Å²) in [6, 6.07) is 4.59. The molecule has 2 bridgehead atoms. The van der Waals surface area contributed by atoms with Crippen molar-refractivity contribution in [3.63, 3.8) is 0 Å². The second-order valence-corrected chi connectivity index (χ2v) is 8.78. The quantitative estimate of drug-likeness (QED) is 0.804. The number of carbonyl (C=O) groups excluding carboxylic acids is 1. The number of piperidine rings is 1. The lowest BCUT2D eigenvalue weighted by Gasteiger charge is -2.33. The number of rotatable bonds is 3. The van der Waals surface area contributed by atoms with Gasteiger partial charge in [0.25, 0.3) is 0 Å². The molecule has 1 aromatic carbocycles. The van der Waals surface area contributed by atoms with Crippen LogP contribution in [0.4, 0.5) is 4.79 Å². The molecule has 2 unspecified atom stereocenters. The van der Waals surface area contributed by atoms with Crippen LogP contribution in [0, 0.1) is 0 Å². The predicted molar refractivity (Wildman–Crippen MR) is 103 cm³/mol. The second kappa shape index (κ2) is 6.29. The van der Waals surface area contributed by atoms with Crippen LogP contribution in [-0.2, 0) is 11.3 Å². The molecule has 1 fully saturated rings. The number of benzene rings is 1. The minimum Gasteiger partial charge on any atom is -0.444 e. The summed E-state index contributed by atoms with van der Waals surface area (Å²) in [5.74, 6) is 0.816. The third-order valence-electron chi connectivity index (χ3n) is 5.56. The SMILES string of the molecule is CCCCn1cnc2cc3c(cc21)C1CC3CN(C(=O)OC(C)(C)C)C1. The smallest absolute Gasteiger partial charge is 0.410 e. The van der Waals surface area contributed by atoms with E-state index < -0.39 is 5.60 Å². The van der Waals surface area contributed by atoms with E-state index in [0.29, 0.717) is 11.8 Å². The minimum absolute atomic E-state index is 0.185. The zero-order valence-electron chi connectivity index (χ0n) is 16.3. The van der Waals surface area contributed by atoms with Crippen molar-refractivity contribution in [2.45, 2.75) is 70.9 Å². The molecule has 2 heterocycles. The van der Waals surface area contributed by atoms with E-state index >= 15 is 0 Å². The highest BCUT2D eigenvalue weighted by Crippen LogP contribution is 2.47. The van der Waals surface area contributed by atoms with E-state index in [-0.39, 0.29) is 6.09 Å². The molecule has 1 aliphatic carbocycles. The van der Waals surface area contributed by atoms with E-state index in [9.17, 15) is 4.79 Å². The van der Waals surface area contributed by atoms with Crippen LogP contribution in [0.3, 0.4) is 0 Å². The number of unbranched alkanes of at least 4 members (excludes halogenated alkanes) is 1. The third kappa shape index (κ3) is 3.08. The van der Waals surface area contributed by atoms with Gasteiger partial charge in [-0.05, 0) is 56.9 Å². The summed E-state index contributed by atoms with van der Waals surface area (Å²) in [5, 5.41) is 0. The van der Waals surface area contributed by atoms with Gasteiger partial charge in [0.15, 0.2) is 0 Å². The van der Waals surface area contributed by atoms with Gasteiger partial charge in [-0.1, -0.05) is 13.3 Å².